The maximum Gasteiger partial charge on any atom is 0.235 e. The molecule has 7 nitrogen and oxygen atoms in total. The van der Waals surface area contributed by atoms with E-state index in [-0.39, 0.29) is 24.1 Å². The van der Waals surface area contributed by atoms with Crippen molar-refractivity contribution < 1.29 is 19.2 Å². The molecule has 0 amide bonds. The van der Waals surface area contributed by atoms with E-state index in [0.29, 0.717) is 4.96 Å². The minimum atomic E-state index is -0.0905. The van der Waals surface area contributed by atoms with E-state index in [0.717, 1.165) is 23.7 Å². The minimum absolute atomic E-state index is 0.0905. The fourth-order valence-corrected chi connectivity index (χ4v) is 4.50. The third kappa shape index (κ3) is 2.52. The predicted molar refractivity (Wildman–Crippen MR) is 83.8 cm³/mol. The second-order valence-electron chi connectivity index (χ2n) is 6.02. The Morgan fingerprint density at radius 1 is 1.39 bits per heavy atom. The number of ether oxygens (including phenoxy) is 1. The Morgan fingerprint density at radius 2 is 2.17 bits per heavy atom. The number of nitrogens with zero attached hydrogens (tertiary/aromatic N) is 3. The second-order valence-corrected chi connectivity index (χ2v) is 7.03. The zero-order valence-electron chi connectivity index (χ0n) is 13.0. The van der Waals surface area contributed by atoms with Crippen LogP contribution < -0.4 is 4.90 Å². The van der Waals surface area contributed by atoms with E-state index in [2.05, 4.69) is 23.9 Å². The molecule has 3 atom stereocenters. The number of hydrogen-bond acceptors (Lipinski definition) is 6. The second kappa shape index (κ2) is 5.63. The first-order chi connectivity index (χ1) is 11.1. The van der Waals surface area contributed by atoms with Gasteiger partial charge < -0.3 is 19.2 Å². The Balaban J connectivity index is 1.79. The molecule has 0 bridgehead atoms. The third-order valence-electron chi connectivity index (χ3n) is 4.20. The molecule has 0 aliphatic carbocycles. The first kappa shape index (κ1) is 14.7. The molecule has 0 aromatic carbocycles. The van der Waals surface area contributed by atoms with E-state index in [1.165, 1.54) is 27.1 Å². The fourth-order valence-electron chi connectivity index (χ4n) is 3.40. The number of thiazole rings is 1. The number of quaternary nitrogens is 1. The van der Waals surface area contributed by atoms with Crippen LogP contribution in [-0.2, 0) is 4.74 Å². The Bertz CT molecular complexity index is 787. The van der Waals surface area contributed by atoms with Crippen molar-refractivity contribution >= 4 is 16.3 Å². The van der Waals surface area contributed by atoms with E-state index in [1.807, 2.05) is 12.1 Å². The van der Waals surface area contributed by atoms with Crippen LogP contribution in [0.25, 0.3) is 4.96 Å². The topological polar surface area (TPSA) is 77.2 Å². The average Bonchev–Trinajstić information content (AvgIpc) is 3.20. The number of morpholine rings is 1. The summed E-state index contributed by atoms with van der Waals surface area (Å²) < 4.78 is 13.0. The van der Waals surface area contributed by atoms with Gasteiger partial charge in [-0.15, -0.1) is 0 Å². The molecule has 4 heterocycles. The van der Waals surface area contributed by atoms with Crippen molar-refractivity contribution in [3.8, 4) is 5.88 Å². The number of fused-ring (bicyclic) bond motifs is 1. The molecular weight excluding hydrogens is 316 g/mol. The molecule has 3 aromatic heterocycles. The van der Waals surface area contributed by atoms with Gasteiger partial charge in [0, 0.05) is 0 Å². The first-order valence-corrected chi connectivity index (χ1v) is 8.50. The van der Waals surface area contributed by atoms with Crippen LogP contribution in [-0.4, -0.2) is 45.0 Å². The van der Waals surface area contributed by atoms with Gasteiger partial charge in [-0.2, -0.15) is 9.61 Å². The molecule has 1 aliphatic heterocycles. The van der Waals surface area contributed by atoms with Crippen LogP contribution in [0.5, 0.6) is 5.88 Å². The summed E-state index contributed by atoms with van der Waals surface area (Å²) in [6.45, 7) is 5.86. The van der Waals surface area contributed by atoms with Crippen LogP contribution >= 0.6 is 11.3 Å². The van der Waals surface area contributed by atoms with Gasteiger partial charge in [-0.25, -0.2) is 4.98 Å². The Morgan fingerprint density at radius 3 is 2.83 bits per heavy atom. The molecular formula is C15H19N4O3S+. The van der Waals surface area contributed by atoms with E-state index in [9.17, 15) is 5.11 Å². The summed E-state index contributed by atoms with van der Waals surface area (Å²) in [7, 11) is 0. The van der Waals surface area contributed by atoms with Crippen molar-refractivity contribution in [2.45, 2.75) is 32.1 Å². The molecule has 23 heavy (non-hydrogen) atoms. The molecule has 4 rings (SSSR count). The van der Waals surface area contributed by atoms with Gasteiger partial charge in [-0.3, -0.25) is 0 Å². The van der Waals surface area contributed by atoms with Crippen molar-refractivity contribution in [1.29, 1.82) is 0 Å². The Labute approximate surface area is 137 Å². The Kier molecular flexibility index (Phi) is 3.59. The number of hydrogen-bond donors (Lipinski definition) is 2. The summed E-state index contributed by atoms with van der Waals surface area (Å²) >= 11 is 1.45. The molecule has 0 saturated carbocycles. The van der Waals surface area contributed by atoms with E-state index in [4.69, 9.17) is 9.15 Å². The molecule has 1 aliphatic rings. The van der Waals surface area contributed by atoms with Gasteiger partial charge in [-0.05, 0) is 26.0 Å². The fraction of sp³-hybridized carbons (Fsp3) is 0.467. The summed E-state index contributed by atoms with van der Waals surface area (Å²) in [5.74, 6) is 0.976. The zero-order valence-corrected chi connectivity index (χ0v) is 13.8. The summed E-state index contributed by atoms with van der Waals surface area (Å²) in [5, 5.41) is 14.7. The van der Waals surface area contributed by atoms with Gasteiger partial charge in [0.25, 0.3) is 0 Å². The highest BCUT2D eigenvalue weighted by Gasteiger charge is 2.38. The van der Waals surface area contributed by atoms with E-state index in [1.54, 1.807) is 6.26 Å². The van der Waals surface area contributed by atoms with Gasteiger partial charge >= 0.3 is 0 Å². The lowest BCUT2D eigenvalue weighted by Gasteiger charge is -2.36. The van der Waals surface area contributed by atoms with Gasteiger partial charge in [0.15, 0.2) is 11.8 Å². The standard InChI is InChI=1S/C15H18N4O3S/c1-9-6-18(7-10(2)22-9)12(11-4-3-5-21-11)13-14(20)19-15(23-13)16-8-17-19/h3-5,8-10,12,20H,6-7H2,1-2H3/p+1/t9-,10-,12-/m0/s1. The summed E-state index contributed by atoms with van der Waals surface area (Å²) in [5.41, 5.74) is 0. The van der Waals surface area contributed by atoms with Crippen LogP contribution in [0.15, 0.2) is 29.1 Å². The third-order valence-corrected chi connectivity index (χ3v) is 5.30. The van der Waals surface area contributed by atoms with Crippen molar-refractivity contribution in [2.75, 3.05) is 13.1 Å². The maximum atomic E-state index is 10.6. The highest BCUT2D eigenvalue weighted by atomic mass is 32.1. The molecule has 0 radical (unpaired) electrons. The molecule has 0 unspecified atom stereocenters. The normalized spacial score (nSPS) is 26.6. The van der Waals surface area contributed by atoms with Gasteiger partial charge in [0.05, 0.1) is 6.26 Å². The number of nitrogens with one attached hydrogen (secondary N) is 1. The smallest absolute Gasteiger partial charge is 0.235 e. The van der Waals surface area contributed by atoms with Crippen LogP contribution in [0, 0.1) is 0 Å². The lowest BCUT2D eigenvalue weighted by molar-refractivity contribution is -0.940. The van der Waals surface area contributed by atoms with Crippen molar-refractivity contribution in [3.05, 3.63) is 35.4 Å². The highest BCUT2D eigenvalue weighted by molar-refractivity contribution is 7.17. The lowest BCUT2D eigenvalue weighted by atomic mass is 10.1. The van der Waals surface area contributed by atoms with Crippen LogP contribution in [0.2, 0.25) is 0 Å². The monoisotopic (exact) mass is 335 g/mol. The number of rotatable bonds is 3. The predicted octanol–water partition coefficient (Wildman–Crippen LogP) is 0.871. The molecule has 122 valence electrons. The van der Waals surface area contributed by atoms with E-state index >= 15 is 0 Å². The van der Waals surface area contributed by atoms with Gasteiger partial charge in [0.2, 0.25) is 10.8 Å². The first-order valence-electron chi connectivity index (χ1n) is 7.68. The van der Waals surface area contributed by atoms with E-state index < -0.39 is 0 Å². The van der Waals surface area contributed by atoms with Crippen molar-refractivity contribution in [3.63, 3.8) is 0 Å². The molecule has 1 saturated heterocycles. The Hall–Kier alpha value is -1.90. The van der Waals surface area contributed by atoms with Gasteiger partial charge in [0.1, 0.15) is 36.5 Å². The largest absolute Gasteiger partial charge is 0.492 e. The maximum absolute atomic E-state index is 10.6. The van der Waals surface area contributed by atoms with Crippen LogP contribution in [0.3, 0.4) is 0 Å². The number of aromatic nitrogens is 3. The molecule has 0 spiro atoms. The van der Waals surface area contributed by atoms with Crippen molar-refractivity contribution in [1.82, 2.24) is 14.6 Å². The SMILES string of the molecule is C[C@H]1C[NH+]([C@@H](c2ccco2)c2sc3ncnn3c2O)C[C@H](C)O1. The molecule has 3 aromatic rings. The summed E-state index contributed by atoms with van der Waals surface area (Å²) in [6, 6.07) is 3.74. The molecule has 8 heteroatoms. The number of aromatic hydroxyl groups is 1. The zero-order chi connectivity index (χ0) is 16.0. The average molecular weight is 335 g/mol. The quantitative estimate of drug-likeness (QED) is 0.743. The lowest BCUT2D eigenvalue weighted by Crippen LogP contribution is -3.15. The highest BCUT2D eigenvalue weighted by Crippen LogP contribution is 2.34. The van der Waals surface area contributed by atoms with Gasteiger partial charge in [-0.1, -0.05) is 11.3 Å². The summed E-state index contributed by atoms with van der Waals surface area (Å²) in [4.78, 5) is 7.00. The minimum Gasteiger partial charge on any atom is -0.492 e. The number of furan rings is 1. The van der Waals surface area contributed by atoms with Crippen LogP contribution in [0.1, 0.15) is 30.5 Å². The van der Waals surface area contributed by atoms with Crippen molar-refractivity contribution in [2.24, 2.45) is 0 Å². The van der Waals surface area contributed by atoms with Crippen LogP contribution in [0.4, 0.5) is 0 Å². The molecule has 1 fully saturated rings. The molecule has 2 N–H and O–H groups in total. The summed E-state index contributed by atoms with van der Waals surface area (Å²) in [6.07, 6.45) is 3.44.